The second-order valence-corrected chi connectivity index (χ2v) is 20.4. The Morgan fingerprint density at radius 3 is 1.77 bits per heavy atom. The predicted octanol–water partition coefficient (Wildman–Crippen LogP) is 10.3. The second kappa shape index (κ2) is 38.1. The summed E-state index contributed by atoms with van der Waals surface area (Å²) in [6.07, 6.45) is 37.3. The number of esters is 2. The SMILES string of the molecule is CCCCCC=CCC=CCC=CCC=CCCCC(=O)OC(COC(=O)CCCCCCCCCC=CCCCCCC)COP(=O)(O)OP(=O)(O)OCC1OC(n2ccc(N)nc2=O)C(O)C1O. The third kappa shape index (κ3) is 30.4. The number of carbonyl (C=O) groups excluding carboxylic acids is 2. The maximum Gasteiger partial charge on any atom is 0.481 e. The summed E-state index contributed by atoms with van der Waals surface area (Å²) < 4.78 is 56.7. The van der Waals surface area contributed by atoms with Crippen molar-refractivity contribution < 1.29 is 66.3 Å². The van der Waals surface area contributed by atoms with Gasteiger partial charge in [-0.1, -0.05) is 139 Å². The van der Waals surface area contributed by atoms with Crippen molar-refractivity contribution in [2.45, 2.75) is 199 Å². The Balaban J connectivity index is 1.83. The average Bonchev–Trinajstić information content (AvgIpc) is 3.59. The summed E-state index contributed by atoms with van der Waals surface area (Å²) in [5, 5.41) is 20.9. The zero-order valence-electron chi connectivity index (χ0n) is 41.6. The number of allylic oxidation sites excluding steroid dienone is 10. The molecule has 7 unspecified atom stereocenters. The highest BCUT2D eigenvalue weighted by Crippen LogP contribution is 2.60. The molecule has 1 aliphatic heterocycles. The molecule has 0 aromatic carbocycles. The number of aliphatic hydroxyl groups is 2. The zero-order valence-corrected chi connectivity index (χ0v) is 43.3. The third-order valence-electron chi connectivity index (χ3n) is 11.1. The molecule has 70 heavy (non-hydrogen) atoms. The molecule has 2 heterocycles. The Morgan fingerprint density at radius 1 is 0.686 bits per heavy atom. The number of unbranched alkanes of at least 4 members (excludes halogenated alkanes) is 15. The number of nitrogens with zero attached hydrogens (tertiary/aromatic N) is 2. The normalized spacial score (nSPS) is 19.7. The monoisotopic (exact) mass is 1030 g/mol. The topological polar surface area (TPSA) is 265 Å². The van der Waals surface area contributed by atoms with Gasteiger partial charge in [-0.05, 0) is 83.1 Å². The van der Waals surface area contributed by atoms with Crippen LogP contribution in [0.4, 0.5) is 5.82 Å². The number of hydrogen-bond donors (Lipinski definition) is 5. The van der Waals surface area contributed by atoms with Crippen molar-refractivity contribution >= 4 is 33.4 Å². The van der Waals surface area contributed by atoms with E-state index in [4.69, 9.17) is 29.0 Å². The molecule has 0 amide bonds. The van der Waals surface area contributed by atoms with Crippen molar-refractivity contribution in [3.05, 3.63) is 83.5 Å². The number of rotatable bonds is 41. The van der Waals surface area contributed by atoms with Crippen LogP contribution in [0.2, 0.25) is 0 Å². The molecule has 0 saturated carbocycles. The van der Waals surface area contributed by atoms with Gasteiger partial charge in [-0.2, -0.15) is 9.29 Å². The van der Waals surface area contributed by atoms with Gasteiger partial charge in [-0.25, -0.2) is 13.9 Å². The minimum absolute atomic E-state index is 0.0284. The first-order valence-corrected chi connectivity index (χ1v) is 28.3. The summed E-state index contributed by atoms with van der Waals surface area (Å²) >= 11 is 0. The minimum Gasteiger partial charge on any atom is -0.462 e. The molecule has 1 aromatic rings. The number of nitrogens with two attached hydrogens (primary N) is 1. The summed E-state index contributed by atoms with van der Waals surface area (Å²) in [5.41, 5.74) is 4.58. The molecule has 1 fully saturated rings. The highest BCUT2D eigenvalue weighted by atomic mass is 31.3. The van der Waals surface area contributed by atoms with Gasteiger partial charge in [0.15, 0.2) is 12.3 Å². The van der Waals surface area contributed by atoms with E-state index in [2.05, 4.69) is 71.8 Å². The summed E-state index contributed by atoms with van der Waals surface area (Å²) in [5.74, 6) is -1.37. The van der Waals surface area contributed by atoms with Crippen LogP contribution in [0, 0.1) is 0 Å². The van der Waals surface area contributed by atoms with Crippen molar-refractivity contribution in [2.24, 2.45) is 0 Å². The van der Waals surface area contributed by atoms with Crippen molar-refractivity contribution in [3.8, 4) is 0 Å². The van der Waals surface area contributed by atoms with Crippen LogP contribution in [-0.2, 0) is 46.3 Å². The number of nitrogen functional groups attached to an aromatic ring is 1. The lowest BCUT2D eigenvalue weighted by atomic mass is 10.1. The van der Waals surface area contributed by atoms with Crippen LogP contribution in [0.5, 0.6) is 0 Å². The van der Waals surface area contributed by atoms with E-state index in [-0.39, 0.29) is 18.7 Å². The molecular weight excluding hydrogens is 945 g/mol. The Kier molecular flexibility index (Phi) is 34.1. The first-order valence-electron chi connectivity index (χ1n) is 25.3. The molecule has 20 heteroatoms. The molecule has 0 radical (unpaired) electrons. The first-order chi connectivity index (χ1) is 33.7. The lowest BCUT2D eigenvalue weighted by molar-refractivity contribution is -0.161. The van der Waals surface area contributed by atoms with E-state index in [9.17, 15) is 43.5 Å². The van der Waals surface area contributed by atoms with E-state index >= 15 is 0 Å². The molecule has 7 atom stereocenters. The number of aliphatic hydroxyl groups excluding tert-OH is 2. The summed E-state index contributed by atoms with van der Waals surface area (Å²) in [6, 6.07) is 1.24. The summed E-state index contributed by atoms with van der Waals surface area (Å²) in [6.45, 7) is 2.06. The molecule has 2 rings (SSSR count). The number of phosphoric acid groups is 2. The molecule has 0 aliphatic carbocycles. The lowest BCUT2D eigenvalue weighted by Crippen LogP contribution is -2.36. The second-order valence-electron chi connectivity index (χ2n) is 17.3. The predicted molar refractivity (Wildman–Crippen MR) is 270 cm³/mol. The van der Waals surface area contributed by atoms with Gasteiger partial charge in [-0.15, -0.1) is 0 Å². The van der Waals surface area contributed by atoms with E-state index < -0.39 is 83.7 Å². The van der Waals surface area contributed by atoms with Gasteiger partial charge in [0.2, 0.25) is 0 Å². The number of ether oxygens (including phenoxy) is 3. The molecule has 1 saturated heterocycles. The van der Waals surface area contributed by atoms with Crippen LogP contribution in [0.3, 0.4) is 0 Å². The highest BCUT2D eigenvalue weighted by Gasteiger charge is 2.46. The Labute approximate surface area is 415 Å². The molecule has 1 aromatic heterocycles. The molecule has 0 spiro atoms. The van der Waals surface area contributed by atoms with Crippen LogP contribution >= 0.6 is 15.6 Å². The number of carbonyl (C=O) groups is 2. The van der Waals surface area contributed by atoms with Crippen LogP contribution in [-0.4, -0.2) is 85.7 Å². The standard InChI is InChI=1S/C50H83N3O15P2/c1-3-5-7-9-11-13-15-17-19-20-22-24-26-28-30-32-34-36-46(55)66-42(39-63-45(54)35-33-31-29-27-25-23-21-18-16-14-12-10-8-6-4-2)40-64-69(59,60)68-70(61,62)65-41-43-47(56)48(57)49(67-43)53-38-37-44(51)52-50(53)58/h11,13-14,16-17,19,22,24,28,30,37-38,42-43,47-49,56-57H,3-10,12,15,18,20-21,23,25-27,29,31-36,39-41H2,1-2H3,(H,59,60)(H,61,62)(H2,51,52,58). The van der Waals surface area contributed by atoms with E-state index in [0.29, 0.717) is 19.3 Å². The Hall–Kier alpha value is -3.54. The van der Waals surface area contributed by atoms with Gasteiger partial charge < -0.3 is 39.9 Å². The lowest BCUT2D eigenvalue weighted by Gasteiger charge is -2.21. The zero-order chi connectivity index (χ0) is 51.3. The average molecular weight is 1030 g/mol. The third-order valence-corrected chi connectivity index (χ3v) is 13.7. The number of anilines is 1. The Bertz CT molecular complexity index is 1910. The maximum absolute atomic E-state index is 12.8. The van der Waals surface area contributed by atoms with Gasteiger partial charge in [-0.3, -0.25) is 23.2 Å². The quantitative estimate of drug-likeness (QED) is 0.0177. The van der Waals surface area contributed by atoms with Crippen LogP contribution in [0.15, 0.2) is 77.8 Å². The van der Waals surface area contributed by atoms with E-state index in [1.54, 1.807) is 0 Å². The largest absolute Gasteiger partial charge is 0.481 e. The van der Waals surface area contributed by atoms with Crippen molar-refractivity contribution in [3.63, 3.8) is 0 Å². The van der Waals surface area contributed by atoms with Gasteiger partial charge in [0.25, 0.3) is 0 Å². The van der Waals surface area contributed by atoms with Crippen LogP contribution < -0.4 is 11.4 Å². The van der Waals surface area contributed by atoms with Gasteiger partial charge in [0.1, 0.15) is 30.7 Å². The highest BCUT2D eigenvalue weighted by molar-refractivity contribution is 7.61. The smallest absolute Gasteiger partial charge is 0.462 e. The number of aromatic nitrogens is 2. The molecule has 6 N–H and O–H groups in total. The van der Waals surface area contributed by atoms with Crippen LogP contribution in [0.1, 0.15) is 174 Å². The van der Waals surface area contributed by atoms with E-state index in [0.717, 1.165) is 87.8 Å². The fourth-order valence-corrected chi connectivity index (χ4v) is 9.23. The van der Waals surface area contributed by atoms with Crippen molar-refractivity contribution in [1.29, 1.82) is 0 Å². The first kappa shape index (κ1) is 62.6. The Morgan fingerprint density at radius 2 is 1.17 bits per heavy atom. The van der Waals surface area contributed by atoms with Crippen molar-refractivity contribution in [2.75, 3.05) is 25.6 Å². The van der Waals surface area contributed by atoms with Gasteiger partial charge in [0, 0.05) is 19.0 Å². The molecule has 0 bridgehead atoms. The summed E-state index contributed by atoms with van der Waals surface area (Å²) in [7, 11) is -10.9. The summed E-state index contributed by atoms with van der Waals surface area (Å²) in [4.78, 5) is 61.9. The van der Waals surface area contributed by atoms with Crippen LogP contribution in [0.25, 0.3) is 0 Å². The molecule has 18 nitrogen and oxygen atoms in total. The van der Waals surface area contributed by atoms with Gasteiger partial charge in [0.05, 0.1) is 13.2 Å². The van der Waals surface area contributed by atoms with E-state index in [1.165, 1.54) is 51.0 Å². The number of hydrogen-bond acceptors (Lipinski definition) is 15. The molecule has 1 aliphatic rings. The van der Waals surface area contributed by atoms with E-state index in [1.807, 2.05) is 12.2 Å². The van der Waals surface area contributed by atoms with Gasteiger partial charge >= 0.3 is 33.3 Å². The maximum atomic E-state index is 12.8. The molecule has 398 valence electrons. The minimum atomic E-state index is -5.44. The number of phosphoric ester groups is 2. The fourth-order valence-electron chi connectivity index (χ4n) is 7.12. The fraction of sp³-hybridized carbons (Fsp3) is 0.680. The molecular formula is C50H83N3O15P2. The van der Waals surface area contributed by atoms with Crippen molar-refractivity contribution in [1.82, 2.24) is 9.55 Å².